The quantitative estimate of drug-likeness (QED) is 0.272. The molecule has 2 aromatic carbocycles. The van der Waals surface area contributed by atoms with Crippen LogP contribution in [0.15, 0.2) is 70.2 Å². The SMILES string of the molecule is COc1ccc(COCC/C(CO[Si](C)(C)C(C)(C)C)=C(/F)S(=O)(=O)c2ccccc2)cc1. The molecule has 182 valence electrons. The molecule has 33 heavy (non-hydrogen) atoms. The molecule has 0 aromatic heterocycles. The zero-order chi connectivity index (χ0) is 24.7. The number of methoxy groups -OCH3 is 1. The summed E-state index contributed by atoms with van der Waals surface area (Å²) < 4.78 is 58.2. The summed E-state index contributed by atoms with van der Waals surface area (Å²) in [6.45, 7) is 10.8. The lowest BCUT2D eigenvalue weighted by atomic mass is 10.2. The highest BCUT2D eigenvalue weighted by Gasteiger charge is 2.37. The lowest BCUT2D eigenvalue weighted by Crippen LogP contribution is -2.41. The number of sulfone groups is 1. The highest BCUT2D eigenvalue weighted by atomic mass is 32.2. The minimum atomic E-state index is -4.26. The number of hydrogen-bond donors (Lipinski definition) is 0. The van der Waals surface area contributed by atoms with E-state index in [1.807, 2.05) is 37.4 Å². The third-order valence-electron chi connectivity index (χ3n) is 5.96. The van der Waals surface area contributed by atoms with Crippen molar-refractivity contribution in [3.63, 3.8) is 0 Å². The lowest BCUT2D eigenvalue weighted by molar-refractivity contribution is 0.121. The van der Waals surface area contributed by atoms with Crippen LogP contribution in [0.3, 0.4) is 0 Å². The topological polar surface area (TPSA) is 61.8 Å². The molecule has 0 atom stereocenters. The molecule has 5 nitrogen and oxygen atoms in total. The molecular formula is C25H35FO5SSi. The van der Waals surface area contributed by atoms with Gasteiger partial charge in [-0.1, -0.05) is 51.1 Å². The van der Waals surface area contributed by atoms with E-state index in [9.17, 15) is 8.42 Å². The van der Waals surface area contributed by atoms with Gasteiger partial charge in [0.05, 0.1) is 31.8 Å². The minimum absolute atomic E-state index is 0.0773. The monoisotopic (exact) mass is 494 g/mol. The third kappa shape index (κ3) is 7.50. The van der Waals surface area contributed by atoms with Gasteiger partial charge < -0.3 is 13.9 Å². The lowest BCUT2D eigenvalue weighted by Gasteiger charge is -2.36. The van der Waals surface area contributed by atoms with Crippen LogP contribution in [0.1, 0.15) is 32.8 Å². The first-order chi connectivity index (χ1) is 15.4. The van der Waals surface area contributed by atoms with E-state index in [4.69, 9.17) is 13.9 Å². The van der Waals surface area contributed by atoms with Crippen LogP contribution in [-0.2, 0) is 25.6 Å². The highest BCUT2D eigenvalue weighted by molar-refractivity contribution is 7.95. The maximum Gasteiger partial charge on any atom is 0.233 e. The average Bonchev–Trinajstić information content (AvgIpc) is 2.78. The van der Waals surface area contributed by atoms with Crippen molar-refractivity contribution in [2.45, 2.75) is 56.8 Å². The van der Waals surface area contributed by atoms with Crippen LogP contribution in [-0.4, -0.2) is 37.1 Å². The van der Waals surface area contributed by atoms with Crippen molar-refractivity contribution in [2.24, 2.45) is 0 Å². The van der Waals surface area contributed by atoms with E-state index in [0.29, 0.717) is 6.61 Å². The van der Waals surface area contributed by atoms with Gasteiger partial charge in [0.1, 0.15) is 5.75 Å². The van der Waals surface area contributed by atoms with E-state index >= 15 is 4.39 Å². The molecule has 0 radical (unpaired) electrons. The van der Waals surface area contributed by atoms with Crippen molar-refractivity contribution < 1.29 is 26.7 Å². The first-order valence-electron chi connectivity index (χ1n) is 10.9. The third-order valence-corrected chi connectivity index (χ3v) is 12.1. The molecule has 0 unspecified atom stereocenters. The van der Waals surface area contributed by atoms with Gasteiger partial charge in [0, 0.05) is 5.57 Å². The van der Waals surface area contributed by atoms with Crippen LogP contribution < -0.4 is 4.74 Å². The molecule has 2 rings (SSSR count). The summed E-state index contributed by atoms with van der Waals surface area (Å²) in [5.41, 5.74) is 1.04. The summed E-state index contributed by atoms with van der Waals surface area (Å²) in [6, 6.07) is 15.1. The molecule has 0 amide bonds. The fourth-order valence-corrected chi connectivity index (χ4v) is 4.94. The van der Waals surface area contributed by atoms with Crippen LogP contribution in [0.25, 0.3) is 0 Å². The number of halogens is 1. The molecule has 0 aliphatic heterocycles. The van der Waals surface area contributed by atoms with Crippen LogP contribution in [0, 0.1) is 0 Å². The second kappa shape index (κ2) is 11.4. The number of benzene rings is 2. The molecule has 0 saturated carbocycles. The summed E-state index contributed by atoms with van der Waals surface area (Å²) >= 11 is 0. The van der Waals surface area contributed by atoms with E-state index in [0.717, 1.165) is 11.3 Å². The predicted molar refractivity (Wildman–Crippen MR) is 132 cm³/mol. The molecule has 8 heteroatoms. The van der Waals surface area contributed by atoms with E-state index in [1.54, 1.807) is 25.3 Å². The molecule has 0 saturated heterocycles. The second-order valence-corrected chi connectivity index (χ2v) is 16.0. The van der Waals surface area contributed by atoms with Gasteiger partial charge in [-0.15, -0.1) is 0 Å². The van der Waals surface area contributed by atoms with Crippen molar-refractivity contribution in [2.75, 3.05) is 20.3 Å². The summed E-state index contributed by atoms with van der Waals surface area (Å²) in [5, 5.41) is -1.24. The first-order valence-corrected chi connectivity index (χ1v) is 15.3. The molecule has 0 aliphatic rings. The number of ether oxygens (including phenoxy) is 2. The Balaban J connectivity index is 2.18. The van der Waals surface area contributed by atoms with Crippen molar-refractivity contribution in [3.8, 4) is 5.75 Å². The van der Waals surface area contributed by atoms with E-state index in [2.05, 4.69) is 20.8 Å². The van der Waals surface area contributed by atoms with E-state index in [1.165, 1.54) is 12.1 Å². The molecule has 0 bridgehead atoms. The minimum Gasteiger partial charge on any atom is -0.497 e. The Hall–Kier alpha value is -2.00. The van der Waals surface area contributed by atoms with Gasteiger partial charge in [-0.05, 0) is 54.4 Å². The summed E-state index contributed by atoms with van der Waals surface area (Å²) in [6.07, 6.45) is 0.114. The Morgan fingerprint density at radius 3 is 2.15 bits per heavy atom. The summed E-state index contributed by atoms with van der Waals surface area (Å²) in [7, 11) is -4.87. The molecule has 0 spiro atoms. The van der Waals surface area contributed by atoms with E-state index < -0.39 is 23.3 Å². The molecule has 0 N–H and O–H groups in total. The van der Waals surface area contributed by atoms with Gasteiger partial charge in [-0.25, -0.2) is 8.42 Å². The molecule has 0 fully saturated rings. The zero-order valence-electron chi connectivity index (χ0n) is 20.4. The Morgan fingerprint density at radius 2 is 1.61 bits per heavy atom. The normalized spacial score (nSPS) is 13.5. The van der Waals surface area contributed by atoms with Crippen molar-refractivity contribution >= 4 is 18.2 Å². The van der Waals surface area contributed by atoms with Gasteiger partial charge in [0.25, 0.3) is 0 Å². The highest BCUT2D eigenvalue weighted by Crippen LogP contribution is 2.37. The Labute approximate surface area is 198 Å². The summed E-state index contributed by atoms with van der Waals surface area (Å²) in [5.74, 6) is 0.750. The largest absolute Gasteiger partial charge is 0.497 e. The van der Waals surface area contributed by atoms with Crippen LogP contribution in [0.5, 0.6) is 5.75 Å². The molecule has 0 aliphatic carbocycles. The first kappa shape index (κ1) is 27.2. The number of rotatable bonds is 11. The van der Waals surface area contributed by atoms with Crippen LogP contribution in [0.4, 0.5) is 4.39 Å². The van der Waals surface area contributed by atoms with Crippen LogP contribution >= 0.6 is 0 Å². The zero-order valence-corrected chi connectivity index (χ0v) is 22.2. The van der Waals surface area contributed by atoms with Crippen molar-refractivity contribution in [1.82, 2.24) is 0 Å². The summed E-state index contributed by atoms with van der Waals surface area (Å²) in [4.78, 5) is -0.0773. The molecule has 2 aromatic rings. The van der Waals surface area contributed by atoms with E-state index in [-0.39, 0.29) is 35.1 Å². The van der Waals surface area contributed by atoms with Gasteiger partial charge in [-0.3, -0.25) is 0 Å². The predicted octanol–water partition coefficient (Wildman–Crippen LogP) is 6.28. The number of hydrogen-bond acceptors (Lipinski definition) is 5. The second-order valence-electron chi connectivity index (χ2n) is 9.39. The standard InChI is InChI=1S/C25H35FO5SSi/c1-25(2,3)33(5,6)31-19-21(24(26)32(27,28)23-10-8-7-9-11-23)16-17-30-18-20-12-14-22(29-4)15-13-20/h7-15H,16-19H2,1-6H3/b24-21+. The Kier molecular flexibility index (Phi) is 9.43. The van der Waals surface area contributed by atoms with Crippen molar-refractivity contribution in [1.29, 1.82) is 0 Å². The van der Waals surface area contributed by atoms with Gasteiger partial charge >= 0.3 is 0 Å². The van der Waals surface area contributed by atoms with Gasteiger partial charge in [0.15, 0.2) is 8.32 Å². The maximum absolute atomic E-state index is 15.4. The Morgan fingerprint density at radius 1 is 1.00 bits per heavy atom. The smallest absolute Gasteiger partial charge is 0.233 e. The van der Waals surface area contributed by atoms with Crippen molar-refractivity contribution in [3.05, 3.63) is 70.9 Å². The van der Waals surface area contributed by atoms with Gasteiger partial charge in [0.2, 0.25) is 15.0 Å². The Bertz CT molecular complexity index is 1030. The van der Waals surface area contributed by atoms with Crippen LogP contribution in [0.2, 0.25) is 18.1 Å². The maximum atomic E-state index is 15.4. The molecule has 0 heterocycles. The average molecular weight is 495 g/mol. The fourth-order valence-electron chi connectivity index (χ4n) is 2.71. The molecular weight excluding hydrogens is 459 g/mol. The fraction of sp³-hybridized carbons (Fsp3) is 0.440. The van der Waals surface area contributed by atoms with Gasteiger partial charge in [-0.2, -0.15) is 4.39 Å².